The summed E-state index contributed by atoms with van der Waals surface area (Å²) in [6, 6.07) is 41.4. The smallest absolute Gasteiger partial charge is 0.0462 e. The zero-order valence-electron chi connectivity index (χ0n) is 30.5. The van der Waals surface area contributed by atoms with Crippen molar-refractivity contribution >= 4 is 28.4 Å². The van der Waals surface area contributed by atoms with E-state index in [2.05, 4.69) is 134 Å². The van der Waals surface area contributed by atoms with Crippen molar-refractivity contribution in [1.82, 2.24) is 0 Å². The minimum atomic E-state index is -0.112. The first-order valence-electron chi connectivity index (χ1n) is 19.4. The van der Waals surface area contributed by atoms with Gasteiger partial charge in [-0.3, -0.25) is 0 Å². The molecule has 1 aliphatic rings. The molecule has 0 amide bonds. The van der Waals surface area contributed by atoms with E-state index in [1.165, 1.54) is 110 Å². The van der Waals surface area contributed by atoms with Crippen molar-refractivity contribution in [3.05, 3.63) is 126 Å². The Bertz CT molecular complexity index is 1740. The zero-order valence-corrected chi connectivity index (χ0v) is 30.5. The van der Waals surface area contributed by atoms with Gasteiger partial charge in [-0.2, -0.15) is 0 Å². The first-order chi connectivity index (χ1) is 24.6. The van der Waals surface area contributed by atoms with Gasteiger partial charge in [-0.05, 0) is 95.3 Å². The average Bonchev–Trinajstić information content (AvgIpc) is 3.41. The molecule has 0 radical (unpaired) electrons. The monoisotopic (exact) mass is 663 g/mol. The Kier molecular flexibility index (Phi) is 12.0. The predicted octanol–water partition coefficient (Wildman–Crippen LogP) is 13.8. The van der Waals surface area contributed by atoms with E-state index in [1.807, 2.05) is 0 Å². The largest absolute Gasteiger partial charge is 0.399 e. The molecule has 5 aromatic carbocycles. The summed E-state index contributed by atoms with van der Waals surface area (Å²) in [4.78, 5) is 2.32. The Balaban J connectivity index is 1.43. The van der Waals surface area contributed by atoms with Crippen molar-refractivity contribution in [1.29, 1.82) is 0 Å². The summed E-state index contributed by atoms with van der Waals surface area (Å²) in [6.07, 6.45) is 17.7. The van der Waals surface area contributed by atoms with Crippen LogP contribution >= 0.6 is 0 Å². The van der Waals surface area contributed by atoms with E-state index in [-0.39, 0.29) is 5.41 Å². The van der Waals surface area contributed by atoms with Gasteiger partial charge in [-0.1, -0.05) is 152 Å². The Morgan fingerprint density at radius 2 is 1.00 bits per heavy atom. The van der Waals surface area contributed by atoms with E-state index in [4.69, 9.17) is 11.5 Å². The molecule has 3 nitrogen and oxygen atoms in total. The lowest BCUT2D eigenvalue weighted by molar-refractivity contribution is 0.399. The SMILES string of the molecule is CCCCCCCCC1(CCCCCCCC)c2cc(N)ccc2-c2ccc(N)c(-c3ccc(N(c4ccccc4)c4ccccc4)cc3)c21. The molecule has 0 atom stereocenters. The fraction of sp³-hybridized carbons (Fsp3) is 0.362. The first kappa shape index (κ1) is 35.3. The van der Waals surface area contributed by atoms with Crippen LogP contribution < -0.4 is 16.4 Å². The van der Waals surface area contributed by atoms with E-state index in [9.17, 15) is 0 Å². The summed E-state index contributed by atoms with van der Waals surface area (Å²) >= 11 is 0. The maximum Gasteiger partial charge on any atom is 0.0462 e. The van der Waals surface area contributed by atoms with E-state index in [0.29, 0.717) is 0 Å². The molecular weight excluding hydrogens is 607 g/mol. The van der Waals surface area contributed by atoms with E-state index in [0.717, 1.165) is 41.3 Å². The summed E-state index contributed by atoms with van der Waals surface area (Å²) in [5.41, 5.74) is 26.6. The molecule has 0 bridgehead atoms. The summed E-state index contributed by atoms with van der Waals surface area (Å²) in [5.74, 6) is 0. The Morgan fingerprint density at radius 3 is 1.56 bits per heavy atom. The van der Waals surface area contributed by atoms with Gasteiger partial charge in [-0.25, -0.2) is 0 Å². The number of hydrogen-bond acceptors (Lipinski definition) is 3. The van der Waals surface area contributed by atoms with Crippen LogP contribution in [-0.2, 0) is 5.41 Å². The van der Waals surface area contributed by atoms with Crippen LogP contribution in [-0.4, -0.2) is 0 Å². The van der Waals surface area contributed by atoms with Crippen LogP contribution in [0.3, 0.4) is 0 Å². The third-order valence-corrected chi connectivity index (χ3v) is 10.9. The predicted molar refractivity (Wildman–Crippen MR) is 218 cm³/mol. The first-order valence-corrected chi connectivity index (χ1v) is 19.4. The number of para-hydroxylation sites is 2. The number of anilines is 5. The Hall–Kier alpha value is -4.50. The summed E-state index contributed by atoms with van der Waals surface area (Å²) in [6.45, 7) is 4.59. The third kappa shape index (κ3) is 7.63. The van der Waals surface area contributed by atoms with Crippen molar-refractivity contribution < 1.29 is 0 Å². The van der Waals surface area contributed by atoms with Crippen LogP contribution in [0.1, 0.15) is 115 Å². The van der Waals surface area contributed by atoms with Crippen molar-refractivity contribution in [3.8, 4) is 22.3 Å². The number of unbranched alkanes of at least 4 members (excludes halogenated alkanes) is 10. The van der Waals surface area contributed by atoms with Gasteiger partial charge in [0.05, 0.1) is 0 Å². The molecule has 0 spiro atoms. The molecule has 0 heterocycles. The molecular formula is C47H57N3. The highest BCUT2D eigenvalue weighted by atomic mass is 15.1. The lowest BCUT2D eigenvalue weighted by atomic mass is 9.68. The summed E-state index contributed by atoms with van der Waals surface area (Å²) in [7, 11) is 0. The van der Waals surface area contributed by atoms with Crippen LogP contribution in [0.5, 0.6) is 0 Å². The quantitative estimate of drug-likeness (QED) is 0.0724. The van der Waals surface area contributed by atoms with E-state index >= 15 is 0 Å². The maximum atomic E-state index is 7.08. The van der Waals surface area contributed by atoms with E-state index < -0.39 is 0 Å². The molecule has 1 aliphatic carbocycles. The van der Waals surface area contributed by atoms with Gasteiger partial charge in [-0.15, -0.1) is 0 Å². The fourth-order valence-corrected chi connectivity index (χ4v) is 8.42. The van der Waals surface area contributed by atoms with Gasteiger partial charge >= 0.3 is 0 Å². The molecule has 0 fully saturated rings. The second-order valence-electron chi connectivity index (χ2n) is 14.4. The number of fused-ring (bicyclic) bond motifs is 3. The summed E-state index contributed by atoms with van der Waals surface area (Å²) < 4.78 is 0. The number of nitrogens with two attached hydrogens (primary N) is 2. The molecule has 260 valence electrons. The molecule has 0 unspecified atom stereocenters. The van der Waals surface area contributed by atoms with Crippen LogP contribution in [0.4, 0.5) is 28.4 Å². The van der Waals surface area contributed by atoms with Gasteiger partial charge in [0, 0.05) is 39.4 Å². The second kappa shape index (κ2) is 16.9. The highest BCUT2D eigenvalue weighted by molar-refractivity contribution is 5.94. The maximum absolute atomic E-state index is 7.08. The van der Waals surface area contributed by atoms with Crippen molar-refractivity contribution in [2.75, 3.05) is 16.4 Å². The minimum absolute atomic E-state index is 0.112. The van der Waals surface area contributed by atoms with Crippen LogP contribution in [0, 0.1) is 0 Å². The lowest BCUT2D eigenvalue weighted by Gasteiger charge is -2.35. The topological polar surface area (TPSA) is 55.3 Å². The second-order valence-corrected chi connectivity index (χ2v) is 14.4. The standard InChI is InChI=1S/C47H57N3/c1-3-5-7-9-11-19-33-47(34-20-12-10-8-6-4-2)43-35-37(48)27-30-41(43)42-31-32-44(49)45(46(42)47)36-25-28-40(29-26-36)50(38-21-15-13-16-22-38)39-23-17-14-18-24-39/h13-18,21-32,35H,3-12,19-20,33-34,48-49H2,1-2H3. The number of benzene rings is 5. The normalized spacial score (nSPS) is 12.8. The highest BCUT2D eigenvalue weighted by Gasteiger charge is 2.44. The lowest BCUT2D eigenvalue weighted by Crippen LogP contribution is -2.27. The third-order valence-electron chi connectivity index (χ3n) is 10.9. The number of hydrogen-bond donors (Lipinski definition) is 2. The van der Waals surface area contributed by atoms with Crippen LogP contribution in [0.15, 0.2) is 115 Å². The fourth-order valence-electron chi connectivity index (χ4n) is 8.42. The van der Waals surface area contributed by atoms with Crippen molar-refractivity contribution in [2.45, 2.75) is 109 Å². The molecule has 4 N–H and O–H groups in total. The van der Waals surface area contributed by atoms with Crippen LogP contribution in [0.2, 0.25) is 0 Å². The molecule has 5 aromatic rings. The van der Waals surface area contributed by atoms with E-state index in [1.54, 1.807) is 0 Å². The summed E-state index contributed by atoms with van der Waals surface area (Å²) in [5, 5.41) is 0. The molecule has 0 saturated carbocycles. The van der Waals surface area contributed by atoms with Gasteiger partial charge < -0.3 is 16.4 Å². The van der Waals surface area contributed by atoms with Gasteiger partial charge in [0.1, 0.15) is 0 Å². The minimum Gasteiger partial charge on any atom is -0.399 e. The zero-order chi connectivity index (χ0) is 34.8. The van der Waals surface area contributed by atoms with Crippen molar-refractivity contribution in [2.24, 2.45) is 0 Å². The molecule has 0 saturated heterocycles. The number of rotatable bonds is 18. The highest BCUT2D eigenvalue weighted by Crippen LogP contribution is 2.58. The van der Waals surface area contributed by atoms with Crippen LogP contribution in [0.25, 0.3) is 22.3 Å². The molecule has 50 heavy (non-hydrogen) atoms. The molecule has 6 rings (SSSR count). The Labute approximate surface area is 301 Å². The number of nitrogens with zero attached hydrogens (tertiary/aromatic N) is 1. The van der Waals surface area contributed by atoms with Crippen molar-refractivity contribution in [3.63, 3.8) is 0 Å². The molecule has 0 aromatic heterocycles. The molecule has 3 heteroatoms. The van der Waals surface area contributed by atoms with Gasteiger partial charge in [0.25, 0.3) is 0 Å². The van der Waals surface area contributed by atoms with Gasteiger partial charge in [0.15, 0.2) is 0 Å². The Morgan fingerprint density at radius 1 is 0.500 bits per heavy atom. The molecule has 0 aliphatic heterocycles. The average molecular weight is 664 g/mol. The number of nitrogen functional groups attached to an aromatic ring is 2. The van der Waals surface area contributed by atoms with Gasteiger partial charge in [0.2, 0.25) is 0 Å².